The van der Waals surface area contributed by atoms with Crippen molar-refractivity contribution >= 4 is 5.91 Å². The van der Waals surface area contributed by atoms with E-state index in [9.17, 15) is 9.90 Å². The average Bonchev–Trinajstić information content (AvgIpc) is 2.47. The van der Waals surface area contributed by atoms with Gasteiger partial charge in [0.1, 0.15) is 0 Å². The van der Waals surface area contributed by atoms with Crippen LogP contribution in [0, 0.1) is 0 Å². The predicted molar refractivity (Wildman–Crippen MR) is 45.7 cm³/mol. The van der Waals surface area contributed by atoms with Crippen molar-refractivity contribution in [2.24, 2.45) is 0 Å². The first-order valence-corrected chi connectivity index (χ1v) is 4.33. The fourth-order valence-electron chi connectivity index (χ4n) is 1.40. The van der Waals surface area contributed by atoms with Gasteiger partial charge in [-0.3, -0.25) is 4.79 Å². The van der Waals surface area contributed by atoms with E-state index in [0.717, 1.165) is 26.1 Å². The molecule has 4 nitrogen and oxygen atoms in total. The number of aliphatic hydroxyl groups is 1. The van der Waals surface area contributed by atoms with E-state index in [1.165, 1.54) is 0 Å². The predicted octanol–water partition coefficient (Wildman–Crippen LogP) is -0.811. The van der Waals surface area contributed by atoms with Gasteiger partial charge in [-0.25, -0.2) is 0 Å². The van der Waals surface area contributed by atoms with E-state index >= 15 is 0 Å². The van der Waals surface area contributed by atoms with Crippen molar-refractivity contribution in [2.45, 2.75) is 18.9 Å². The summed E-state index contributed by atoms with van der Waals surface area (Å²) < 4.78 is 0. The summed E-state index contributed by atoms with van der Waals surface area (Å²) in [6, 6.07) is 0. The number of hydrogen-bond acceptors (Lipinski definition) is 3. The van der Waals surface area contributed by atoms with Gasteiger partial charge in [-0.2, -0.15) is 0 Å². The lowest BCUT2D eigenvalue weighted by Gasteiger charge is -2.13. The summed E-state index contributed by atoms with van der Waals surface area (Å²) in [7, 11) is 1.64. The maximum absolute atomic E-state index is 10.8. The quantitative estimate of drug-likeness (QED) is 0.585. The number of carbonyl (C=O) groups is 1. The van der Waals surface area contributed by atoms with Crippen LogP contribution in [0.3, 0.4) is 0 Å². The number of likely N-dealkylation sites (tertiary alicyclic amines) is 1. The molecule has 0 aromatic heterocycles. The lowest BCUT2D eigenvalue weighted by molar-refractivity contribution is -0.120. The van der Waals surface area contributed by atoms with Crippen LogP contribution in [0.1, 0.15) is 12.8 Å². The van der Waals surface area contributed by atoms with Gasteiger partial charge in [-0.05, 0) is 6.42 Å². The van der Waals surface area contributed by atoms with Crippen LogP contribution >= 0.6 is 0 Å². The Morgan fingerprint density at radius 2 is 2.50 bits per heavy atom. The molecule has 1 fully saturated rings. The summed E-state index contributed by atoms with van der Waals surface area (Å²) >= 11 is 0. The Bertz CT molecular complexity index is 161. The summed E-state index contributed by atoms with van der Waals surface area (Å²) in [5.74, 6) is 0.0661. The molecule has 1 heterocycles. The van der Waals surface area contributed by atoms with Crippen LogP contribution < -0.4 is 5.32 Å². The van der Waals surface area contributed by atoms with Gasteiger partial charge in [-0.1, -0.05) is 0 Å². The second-order valence-corrected chi connectivity index (χ2v) is 3.17. The number of carbonyl (C=O) groups excluding carboxylic acids is 1. The molecule has 0 aromatic carbocycles. The molecule has 1 rings (SSSR count). The van der Waals surface area contributed by atoms with Crippen molar-refractivity contribution < 1.29 is 9.90 Å². The van der Waals surface area contributed by atoms with Crippen LogP contribution in [-0.4, -0.2) is 48.7 Å². The molecule has 0 unspecified atom stereocenters. The highest BCUT2D eigenvalue weighted by Crippen LogP contribution is 2.08. The minimum absolute atomic E-state index is 0.0661. The van der Waals surface area contributed by atoms with Crippen LogP contribution in [0.15, 0.2) is 0 Å². The highest BCUT2D eigenvalue weighted by atomic mass is 16.3. The van der Waals surface area contributed by atoms with Crippen LogP contribution in [-0.2, 0) is 4.79 Å². The van der Waals surface area contributed by atoms with Gasteiger partial charge in [0.2, 0.25) is 5.91 Å². The van der Waals surface area contributed by atoms with Crippen molar-refractivity contribution in [2.75, 3.05) is 26.7 Å². The molecule has 12 heavy (non-hydrogen) atoms. The summed E-state index contributed by atoms with van der Waals surface area (Å²) in [5.41, 5.74) is 0. The Balaban J connectivity index is 2.11. The van der Waals surface area contributed by atoms with Gasteiger partial charge in [-0.15, -0.1) is 0 Å². The molecule has 4 heteroatoms. The maximum Gasteiger partial charge on any atom is 0.221 e. The molecular weight excluding hydrogens is 156 g/mol. The fourth-order valence-corrected chi connectivity index (χ4v) is 1.40. The molecule has 1 atom stereocenters. The summed E-state index contributed by atoms with van der Waals surface area (Å²) in [6.07, 6.45) is 1.19. The molecule has 1 amide bonds. The summed E-state index contributed by atoms with van der Waals surface area (Å²) in [5, 5.41) is 11.8. The van der Waals surface area contributed by atoms with E-state index in [0.29, 0.717) is 6.42 Å². The van der Waals surface area contributed by atoms with Crippen LogP contribution in [0.25, 0.3) is 0 Å². The Labute approximate surface area is 72.6 Å². The topological polar surface area (TPSA) is 52.6 Å². The fraction of sp³-hybridized carbons (Fsp3) is 0.875. The van der Waals surface area contributed by atoms with E-state index < -0.39 is 0 Å². The standard InChI is InChI=1S/C8H16N2O2/c1-9-8(12)3-5-10-4-2-7(11)6-10/h7,11H,2-6H2,1H3,(H,9,12)/t7-/m1/s1. The van der Waals surface area contributed by atoms with Gasteiger partial charge in [0.15, 0.2) is 0 Å². The summed E-state index contributed by atoms with van der Waals surface area (Å²) in [4.78, 5) is 13.0. The van der Waals surface area contributed by atoms with Gasteiger partial charge in [0.05, 0.1) is 6.10 Å². The number of β-amino-alcohol motifs (C(OH)–C–C–N with tert-alkyl or cyclic N) is 1. The minimum atomic E-state index is -0.185. The van der Waals surface area contributed by atoms with Crippen molar-refractivity contribution in [3.63, 3.8) is 0 Å². The zero-order chi connectivity index (χ0) is 8.97. The van der Waals surface area contributed by atoms with Gasteiger partial charge in [0, 0.05) is 33.1 Å². The molecular formula is C8H16N2O2. The number of amides is 1. The SMILES string of the molecule is CNC(=O)CCN1CC[C@@H](O)C1. The second kappa shape index (κ2) is 4.42. The zero-order valence-corrected chi connectivity index (χ0v) is 7.42. The smallest absolute Gasteiger partial charge is 0.221 e. The first-order valence-electron chi connectivity index (χ1n) is 4.33. The van der Waals surface area contributed by atoms with Crippen molar-refractivity contribution in [1.29, 1.82) is 0 Å². The van der Waals surface area contributed by atoms with Crippen LogP contribution in [0.5, 0.6) is 0 Å². The molecule has 0 aliphatic carbocycles. The van der Waals surface area contributed by atoms with Crippen LogP contribution in [0.2, 0.25) is 0 Å². The monoisotopic (exact) mass is 172 g/mol. The van der Waals surface area contributed by atoms with Crippen molar-refractivity contribution in [3.8, 4) is 0 Å². The number of aliphatic hydroxyl groups excluding tert-OH is 1. The van der Waals surface area contributed by atoms with Gasteiger partial charge >= 0.3 is 0 Å². The second-order valence-electron chi connectivity index (χ2n) is 3.17. The van der Waals surface area contributed by atoms with E-state index in [4.69, 9.17) is 0 Å². The highest BCUT2D eigenvalue weighted by Gasteiger charge is 2.19. The maximum atomic E-state index is 10.8. The lowest BCUT2D eigenvalue weighted by Crippen LogP contribution is -2.28. The third kappa shape index (κ3) is 2.79. The Morgan fingerprint density at radius 1 is 1.75 bits per heavy atom. The van der Waals surface area contributed by atoms with Gasteiger partial charge < -0.3 is 15.3 Å². The molecule has 1 aliphatic rings. The van der Waals surface area contributed by atoms with Crippen molar-refractivity contribution in [1.82, 2.24) is 10.2 Å². The van der Waals surface area contributed by atoms with E-state index in [2.05, 4.69) is 10.2 Å². The molecule has 70 valence electrons. The number of nitrogens with one attached hydrogen (secondary N) is 1. The zero-order valence-electron chi connectivity index (χ0n) is 7.42. The van der Waals surface area contributed by atoms with Crippen molar-refractivity contribution in [3.05, 3.63) is 0 Å². The molecule has 1 aliphatic heterocycles. The third-order valence-electron chi connectivity index (χ3n) is 2.18. The number of hydrogen-bond donors (Lipinski definition) is 2. The molecule has 0 aromatic rings. The number of nitrogens with zero attached hydrogens (tertiary/aromatic N) is 1. The minimum Gasteiger partial charge on any atom is -0.392 e. The first kappa shape index (κ1) is 9.48. The third-order valence-corrected chi connectivity index (χ3v) is 2.18. The van der Waals surface area contributed by atoms with E-state index in [1.807, 2.05) is 0 Å². The Hall–Kier alpha value is -0.610. The highest BCUT2D eigenvalue weighted by molar-refractivity contribution is 5.75. The molecule has 2 N–H and O–H groups in total. The largest absolute Gasteiger partial charge is 0.392 e. The molecule has 0 saturated carbocycles. The molecule has 0 radical (unpaired) electrons. The Kier molecular flexibility index (Phi) is 3.49. The molecule has 0 bridgehead atoms. The van der Waals surface area contributed by atoms with E-state index in [-0.39, 0.29) is 12.0 Å². The van der Waals surface area contributed by atoms with E-state index in [1.54, 1.807) is 7.05 Å². The van der Waals surface area contributed by atoms with Gasteiger partial charge in [0.25, 0.3) is 0 Å². The Morgan fingerprint density at radius 3 is 3.00 bits per heavy atom. The molecule has 0 spiro atoms. The number of rotatable bonds is 3. The average molecular weight is 172 g/mol. The summed E-state index contributed by atoms with van der Waals surface area (Å²) in [6.45, 7) is 2.39. The van der Waals surface area contributed by atoms with Crippen LogP contribution in [0.4, 0.5) is 0 Å². The molecule has 1 saturated heterocycles. The lowest BCUT2D eigenvalue weighted by atomic mass is 10.3. The first-order chi connectivity index (χ1) is 5.72. The normalized spacial score (nSPS) is 24.3.